The molecular weight excluding hydrogens is 377 g/mol. The molecule has 1 N–H and O–H groups in total. The maximum atomic E-state index is 12.6. The van der Waals surface area contributed by atoms with Gasteiger partial charge in [-0.05, 0) is 35.7 Å². The average Bonchev–Trinajstić information content (AvgIpc) is 2.94. The van der Waals surface area contributed by atoms with Gasteiger partial charge in [-0.3, -0.25) is 4.79 Å². The van der Waals surface area contributed by atoms with E-state index in [0.717, 1.165) is 15.8 Å². The lowest BCUT2D eigenvalue weighted by Crippen LogP contribution is -2.10. The Labute approximate surface area is 160 Å². The Morgan fingerprint density at radius 2 is 1.76 bits per heavy atom. The van der Waals surface area contributed by atoms with E-state index in [9.17, 15) is 4.79 Å². The van der Waals surface area contributed by atoms with E-state index in [1.807, 2.05) is 30.3 Å². The molecular formula is C19H17Cl2NO2S. The van der Waals surface area contributed by atoms with Crippen LogP contribution in [0.4, 0.5) is 5.69 Å². The SMILES string of the molecule is COc1ccc2c(Cl)c(C(=O)Nc3ccc(C(C)C)cc3)sc2c1Cl. The molecule has 0 atom stereocenters. The molecule has 3 aromatic rings. The summed E-state index contributed by atoms with van der Waals surface area (Å²) >= 11 is 14.0. The molecule has 0 aliphatic rings. The lowest BCUT2D eigenvalue weighted by Gasteiger charge is -2.08. The van der Waals surface area contributed by atoms with Crippen LogP contribution in [-0.4, -0.2) is 13.0 Å². The third-order valence-corrected chi connectivity index (χ3v) is 6.18. The first kappa shape index (κ1) is 18.1. The van der Waals surface area contributed by atoms with Crippen molar-refractivity contribution in [1.82, 2.24) is 0 Å². The van der Waals surface area contributed by atoms with E-state index in [-0.39, 0.29) is 5.91 Å². The first-order chi connectivity index (χ1) is 11.9. The van der Waals surface area contributed by atoms with Crippen LogP contribution in [0.1, 0.15) is 35.0 Å². The van der Waals surface area contributed by atoms with E-state index >= 15 is 0 Å². The van der Waals surface area contributed by atoms with Crippen molar-refractivity contribution in [3.63, 3.8) is 0 Å². The van der Waals surface area contributed by atoms with Crippen LogP contribution < -0.4 is 10.1 Å². The Morgan fingerprint density at radius 3 is 2.36 bits per heavy atom. The minimum Gasteiger partial charge on any atom is -0.495 e. The number of halogens is 2. The molecule has 3 rings (SSSR count). The fourth-order valence-electron chi connectivity index (χ4n) is 2.52. The standard InChI is InChI=1S/C19H17Cl2NO2S/c1-10(2)11-4-6-12(7-5-11)22-19(23)18-15(20)13-8-9-14(24-3)16(21)17(13)25-18/h4-10H,1-3H3,(H,22,23). The summed E-state index contributed by atoms with van der Waals surface area (Å²) in [7, 11) is 1.55. The highest BCUT2D eigenvalue weighted by Gasteiger charge is 2.20. The second-order valence-corrected chi connectivity index (χ2v) is 7.71. The zero-order valence-corrected chi connectivity index (χ0v) is 16.4. The molecule has 1 aromatic heterocycles. The van der Waals surface area contributed by atoms with Crippen molar-refractivity contribution in [2.24, 2.45) is 0 Å². The molecule has 0 unspecified atom stereocenters. The van der Waals surface area contributed by atoms with Crippen LogP contribution in [0, 0.1) is 0 Å². The number of nitrogens with one attached hydrogen (secondary N) is 1. The van der Waals surface area contributed by atoms with Gasteiger partial charge in [0.05, 0.1) is 16.8 Å². The summed E-state index contributed by atoms with van der Waals surface area (Å²) in [5.74, 6) is 0.751. The third kappa shape index (κ3) is 3.47. The lowest BCUT2D eigenvalue weighted by atomic mass is 10.0. The molecule has 0 aliphatic heterocycles. The first-order valence-electron chi connectivity index (χ1n) is 7.78. The van der Waals surface area contributed by atoms with Gasteiger partial charge in [0.2, 0.25) is 0 Å². The van der Waals surface area contributed by atoms with Crippen LogP contribution >= 0.6 is 34.5 Å². The summed E-state index contributed by atoms with van der Waals surface area (Å²) in [4.78, 5) is 13.1. The van der Waals surface area contributed by atoms with Gasteiger partial charge in [-0.2, -0.15) is 0 Å². The largest absolute Gasteiger partial charge is 0.495 e. The average molecular weight is 394 g/mol. The normalized spacial score (nSPS) is 11.1. The second kappa shape index (κ2) is 7.24. The molecule has 0 bridgehead atoms. The van der Waals surface area contributed by atoms with Gasteiger partial charge in [0.15, 0.2) is 0 Å². The van der Waals surface area contributed by atoms with Gasteiger partial charge in [-0.1, -0.05) is 49.2 Å². The number of anilines is 1. The number of ether oxygens (including phenoxy) is 1. The van der Waals surface area contributed by atoms with Crippen LogP contribution in [0.15, 0.2) is 36.4 Å². The smallest absolute Gasteiger partial charge is 0.267 e. The van der Waals surface area contributed by atoms with Crippen molar-refractivity contribution in [1.29, 1.82) is 0 Å². The van der Waals surface area contributed by atoms with Gasteiger partial charge in [-0.15, -0.1) is 11.3 Å². The highest BCUT2D eigenvalue weighted by atomic mass is 35.5. The number of rotatable bonds is 4. The van der Waals surface area contributed by atoms with Crippen LogP contribution in [0.25, 0.3) is 10.1 Å². The quantitative estimate of drug-likeness (QED) is 0.542. The Kier molecular flexibility index (Phi) is 5.23. The summed E-state index contributed by atoms with van der Waals surface area (Å²) < 4.78 is 5.96. The lowest BCUT2D eigenvalue weighted by molar-refractivity contribution is 0.103. The summed E-state index contributed by atoms with van der Waals surface area (Å²) in [6, 6.07) is 11.4. The molecule has 0 radical (unpaired) electrons. The highest BCUT2D eigenvalue weighted by molar-refractivity contribution is 7.22. The van der Waals surface area contributed by atoms with E-state index in [0.29, 0.717) is 26.6 Å². The van der Waals surface area contributed by atoms with Crippen molar-refractivity contribution in [3.8, 4) is 5.75 Å². The minimum absolute atomic E-state index is 0.251. The van der Waals surface area contributed by atoms with Gasteiger partial charge >= 0.3 is 0 Å². The van der Waals surface area contributed by atoms with E-state index in [1.54, 1.807) is 13.2 Å². The second-order valence-electron chi connectivity index (χ2n) is 5.93. The Morgan fingerprint density at radius 1 is 1.08 bits per heavy atom. The predicted molar refractivity (Wildman–Crippen MR) is 107 cm³/mol. The molecule has 6 heteroatoms. The van der Waals surface area contributed by atoms with Crippen LogP contribution in [0.2, 0.25) is 10.0 Å². The molecule has 3 nitrogen and oxygen atoms in total. The van der Waals surface area contributed by atoms with Crippen LogP contribution in [-0.2, 0) is 0 Å². The fraction of sp³-hybridized carbons (Fsp3) is 0.211. The molecule has 0 spiro atoms. The van der Waals surface area contributed by atoms with Crippen molar-refractivity contribution in [3.05, 3.63) is 56.9 Å². The van der Waals surface area contributed by atoms with Crippen LogP contribution in [0.3, 0.4) is 0 Å². The van der Waals surface area contributed by atoms with Crippen molar-refractivity contribution in [2.45, 2.75) is 19.8 Å². The molecule has 0 saturated heterocycles. The van der Waals surface area contributed by atoms with E-state index in [4.69, 9.17) is 27.9 Å². The van der Waals surface area contributed by atoms with Crippen molar-refractivity contribution < 1.29 is 9.53 Å². The molecule has 1 heterocycles. The molecule has 0 aliphatic carbocycles. The molecule has 0 saturated carbocycles. The maximum absolute atomic E-state index is 12.6. The van der Waals surface area contributed by atoms with Gasteiger partial charge in [-0.25, -0.2) is 0 Å². The third-order valence-electron chi connectivity index (χ3n) is 3.96. The number of methoxy groups -OCH3 is 1. The Balaban J connectivity index is 1.91. The molecule has 130 valence electrons. The van der Waals surface area contributed by atoms with E-state index < -0.39 is 0 Å². The van der Waals surface area contributed by atoms with Crippen molar-refractivity contribution >= 4 is 56.2 Å². The van der Waals surface area contributed by atoms with Gasteiger partial charge in [0.25, 0.3) is 5.91 Å². The molecule has 1 amide bonds. The minimum atomic E-state index is -0.251. The number of fused-ring (bicyclic) bond motifs is 1. The maximum Gasteiger partial charge on any atom is 0.267 e. The highest BCUT2D eigenvalue weighted by Crippen LogP contribution is 2.43. The van der Waals surface area contributed by atoms with Gasteiger partial charge < -0.3 is 10.1 Å². The Bertz CT molecular complexity index is 933. The zero-order valence-electron chi connectivity index (χ0n) is 14.0. The number of hydrogen-bond donors (Lipinski definition) is 1. The number of carbonyl (C=O) groups is 1. The predicted octanol–water partition coefficient (Wildman–Crippen LogP) is 6.59. The number of hydrogen-bond acceptors (Lipinski definition) is 3. The molecule has 0 fully saturated rings. The molecule has 25 heavy (non-hydrogen) atoms. The summed E-state index contributed by atoms with van der Waals surface area (Å²) in [6.07, 6.45) is 0. The monoisotopic (exact) mass is 393 g/mol. The molecule has 2 aromatic carbocycles. The zero-order chi connectivity index (χ0) is 18.1. The van der Waals surface area contributed by atoms with Crippen LogP contribution in [0.5, 0.6) is 5.75 Å². The number of amides is 1. The number of benzene rings is 2. The van der Waals surface area contributed by atoms with Gasteiger partial charge in [0, 0.05) is 11.1 Å². The van der Waals surface area contributed by atoms with E-state index in [1.165, 1.54) is 16.9 Å². The summed E-state index contributed by atoms with van der Waals surface area (Å²) in [6.45, 7) is 4.26. The number of thiophene rings is 1. The van der Waals surface area contributed by atoms with E-state index in [2.05, 4.69) is 19.2 Å². The topological polar surface area (TPSA) is 38.3 Å². The van der Waals surface area contributed by atoms with Gasteiger partial charge in [0.1, 0.15) is 15.6 Å². The van der Waals surface area contributed by atoms with Crippen molar-refractivity contribution in [2.75, 3.05) is 12.4 Å². The first-order valence-corrected chi connectivity index (χ1v) is 9.35. The summed E-state index contributed by atoms with van der Waals surface area (Å²) in [5.41, 5.74) is 1.95. The summed E-state index contributed by atoms with van der Waals surface area (Å²) in [5, 5.41) is 4.50. The fourth-order valence-corrected chi connectivity index (χ4v) is 4.31. The number of carbonyl (C=O) groups excluding carboxylic acids is 1. The Hall–Kier alpha value is -1.75.